The van der Waals surface area contributed by atoms with Gasteiger partial charge in [0.2, 0.25) is 0 Å². The normalized spacial score (nSPS) is 35.7. The average molecular weight is 187 g/mol. The first-order chi connectivity index (χ1) is 5.77. The Morgan fingerprint density at radius 2 is 2.33 bits per heavy atom. The van der Waals surface area contributed by atoms with E-state index in [1.807, 2.05) is 0 Å². The molecule has 1 N–H and O–H groups in total. The zero-order valence-corrected chi connectivity index (χ0v) is 7.23. The van der Waals surface area contributed by atoms with E-state index in [-0.39, 0.29) is 30.3 Å². The van der Waals surface area contributed by atoms with Gasteiger partial charge >= 0.3 is 11.9 Å². The van der Waals surface area contributed by atoms with Crippen molar-refractivity contribution >= 4 is 23.7 Å². The summed E-state index contributed by atoms with van der Waals surface area (Å²) >= 11 is 1.74. The number of hydrogen-bond donors (Lipinski definition) is 1. The zero-order chi connectivity index (χ0) is 8.55. The molecule has 2 aliphatic heterocycles. The Morgan fingerprint density at radius 1 is 1.50 bits per heavy atom. The summed E-state index contributed by atoms with van der Waals surface area (Å²) in [7, 11) is 0. The summed E-state index contributed by atoms with van der Waals surface area (Å²) < 4.78 is 4.46. The maximum absolute atomic E-state index is 11.1. The van der Waals surface area contributed by atoms with Crippen LogP contribution in [0.3, 0.4) is 0 Å². The summed E-state index contributed by atoms with van der Waals surface area (Å²) in [6.45, 7) is 0. The van der Waals surface area contributed by atoms with Crippen molar-refractivity contribution in [2.24, 2.45) is 5.92 Å². The van der Waals surface area contributed by atoms with Crippen LogP contribution in [-0.4, -0.2) is 29.6 Å². The lowest BCUT2D eigenvalue weighted by Crippen LogP contribution is -2.35. The van der Waals surface area contributed by atoms with Crippen LogP contribution < -0.4 is 5.32 Å². The van der Waals surface area contributed by atoms with Crippen molar-refractivity contribution in [2.75, 3.05) is 11.6 Å². The van der Waals surface area contributed by atoms with Crippen molar-refractivity contribution < 1.29 is 14.3 Å². The van der Waals surface area contributed by atoms with Crippen molar-refractivity contribution in [3.05, 3.63) is 0 Å². The molecule has 12 heavy (non-hydrogen) atoms. The molecule has 0 saturated carbocycles. The highest BCUT2D eigenvalue weighted by Gasteiger charge is 2.40. The molecular formula is C7H9NO3S. The monoisotopic (exact) mass is 187 g/mol. The molecule has 2 aliphatic rings. The fourth-order valence-electron chi connectivity index (χ4n) is 1.47. The van der Waals surface area contributed by atoms with Gasteiger partial charge in [-0.2, -0.15) is 0 Å². The first-order valence-electron chi connectivity index (χ1n) is 3.83. The topological polar surface area (TPSA) is 55.4 Å². The van der Waals surface area contributed by atoms with Crippen molar-refractivity contribution in [3.8, 4) is 0 Å². The number of cyclic esters (lactones) is 2. The Bertz CT molecular complexity index is 225. The fraction of sp³-hybridized carbons (Fsp3) is 0.714. The number of ether oxygens (including phenoxy) is 1. The van der Waals surface area contributed by atoms with Crippen LogP contribution in [0.25, 0.3) is 0 Å². The summed E-state index contributed by atoms with van der Waals surface area (Å²) in [4.78, 5) is 21.8. The number of hydrogen-bond acceptors (Lipinski definition) is 5. The summed E-state index contributed by atoms with van der Waals surface area (Å²) in [5.41, 5.74) is 0. The van der Waals surface area contributed by atoms with Crippen LogP contribution >= 0.6 is 11.8 Å². The Kier molecular flexibility index (Phi) is 2.06. The third-order valence-corrected chi connectivity index (χ3v) is 3.10. The second-order valence-electron chi connectivity index (χ2n) is 2.93. The molecule has 0 bridgehead atoms. The number of esters is 2. The highest BCUT2D eigenvalue weighted by molar-refractivity contribution is 7.99. The minimum Gasteiger partial charge on any atom is -0.393 e. The third-order valence-electron chi connectivity index (χ3n) is 2.13. The standard InChI is InChI=1S/C7H9NO3S/c9-6-1-4(7(10)11-6)5-2-12-3-8-5/h4-5,8H,1-3H2/t4?,5-/m0/s1. The Morgan fingerprint density at radius 3 is 2.83 bits per heavy atom. The van der Waals surface area contributed by atoms with Gasteiger partial charge < -0.3 is 10.1 Å². The van der Waals surface area contributed by atoms with Crippen molar-refractivity contribution in [1.82, 2.24) is 5.32 Å². The molecule has 0 amide bonds. The summed E-state index contributed by atoms with van der Waals surface area (Å²) in [5.74, 6) is 0.770. The summed E-state index contributed by atoms with van der Waals surface area (Å²) in [6, 6.07) is 0.133. The molecule has 2 atom stereocenters. The quantitative estimate of drug-likeness (QED) is 0.452. The largest absolute Gasteiger partial charge is 0.393 e. The van der Waals surface area contributed by atoms with Gasteiger partial charge in [-0.1, -0.05) is 0 Å². The zero-order valence-electron chi connectivity index (χ0n) is 6.41. The number of carbonyl (C=O) groups excluding carboxylic acids is 2. The van der Waals surface area contributed by atoms with E-state index in [2.05, 4.69) is 10.1 Å². The predicted molar refractivity (Wildman–Crippen MR) is 43.5 cm³/mol. The van der Waals surface area contributed by atoms with Crippen LogP contribution in [0, 0.1) is 5.92 Å². The number of thioether (sulfide) groups is 1. The minimum absolute atomic E-state index is 0.133. The second-order valence-corrected chi connectivity index (χ2v) is 3.96. The smallest absolute Gasteiger partial charge is 0.318 e. The van der Waals surface area contributed by atoms with Crippen LogP contribution in [0.5, 0.6) is 0 Å². The molecule has 5 heteroatoms. The van der Waals surface area contributed by atoms with Gasteiger partial charge in [-0.15, -0.1) is 11.8 Å². The summed E-state index contributed by atoms with van der Waals surface area (Å²) in [5, 5.41) is 3.16. The van der Waals surface area contributed by atoms with Gasteiger partial charge in [0, 0.05) is 17.7 Å². The molecule has 0 aromatic heterocycles. The minimum atomic E-state index is -0.385. The molecule has 0 spiro atoms. The lowest BCUT2D eigenvalue weighted by Gasteiger charge is -2.11. The number of carbonyl (C=O) groups is 2. The van der Waals surface area contributed by atoms with Gasteiger partial charge in [0.15, 0.2) is 0 Å². The highest BCUT2D eigenvalue weighted by atomic mass is 32.2. The first-order valence-corrected chi connectivity index (χ1v) is 4.98. The molecule has 2 fully saturated rings. The highest BCUT2D eigenvalue weighted by Crippen LogP contribution is 2.25. The Balaban J connectivity index is 2.03. The van der Waals surface area contributed by atoms with E-state index in [4.69, 9.17) is 0 Å². The SMILES string of the molecule is O=C1CC([C@@H]2CSCN2)C(=O)O1. The lowest BCUT2D eigenvalue weighted by molar-refractivity contribution is -0.153. The van der Waals surface area contributed by atoms with Crippen LogP contribution in [0.1, 0.15) is 6.42 Å². The molecule has 2 heterocycles. The van der Waals surface area contributed by atoms with Gasteiger partial charge in [0.1, 0.15) is 0 Å². The maximum atomic E-state index is 11.1. The Hall–Kier alpha value is -0.550. The van der Waals surface area contributed by atoms with Gasteiger partial charge in [0.05, 0.1) is 12.3 Å². The maximum Gasteiger partial charge on any atom is 0.318 e. The van der Waals surface area contributed by atoms with E-state index >= 15 is 0 Å². The second kappa shape index (κ2) is 3.06. The molecule has 0 aromatic rings. The average Bonchev–Trinajstić information content (AvgIpc) is 2.58. The molecule has 0 aliphatic carbocycles. The van der Waals surface area contributed by atoms with Gasteiger partial charge in [-0.05, 0) is 0 Å². The number of nitrogens with one attached hydrogen (secondary N) is 1. The van der Waals surface area contributed by atoms with Crippen LogP contribution in [0.2, 0.25) is 0 Å². The van der Waals surface area contributed by atoms with Crippen molar-refractivity contribution in [3.63, 3.8) is 0 Å². The molecule has 66 valence electrons. The fourth-order valence-corrected chi connectivity index (χ4v) is 2.52. The molecule has 1 unspecified atom stereocenters. The van der Waals surface area contributed by atoms with E-state index in [0.29, 0.717) is 0 Å². The molecule has 2 rings (SSSR count). The van der Waals surface area contributed by atoms with Crippen molar-refractivity contribution in [1.29, 1.82) is 0 Å². The van der Waals surface area contributed by atoms with E-state index in [0.717, 1.165) is 11.6 Å². The number of rotatable bonds is 1. The Labute approximate surface area is 74.0 Å². The van der Waals surface area contributed by atoms with E-state index < -0.39 is 0 Å². The van der Waals surface area contributed by atoms with Crippen LogP contribution in [0.15, 0.2) is 0 Å². The first kappa shape index (κ1) is 8.07. The van der Waals surface area contributed by atoms with Gasteiger partial charge in [-0.3, -0.25) is 9.59 Å². The van der Waals surface area contributed by atoms with E-state index in [1.165, 1.54) is 0 Å². The lowest BCUT2D eigenvalue weighted by atomic mass is 10.0. The predicted octanol–water partition coefficient (Wildman–Crippen LogP) is -0.261. The summed E-state index contributed by atoms with van der Waals surface area (Å²) in [6.07, 6.45) is 0.247. The van der Waals surface area contributed by atoms with Gasteiger partial charge in [0.25, 0.3) is 0 Å². The van der Waals surface area contributed by atoms with Crippen LogP contribution in [-0.2, 0) is 14.3 Å². The molecular weight excluding hydrogens is 178 g/mol. The van der Waals surface area contributed by atoms with Crippen molar-refractivity contribution in [2.45, 2.75) is 12.5 Å². The molecule has 2 saturated heterocycles. The van der Waals surface area contributed by atoms with E-state index in [1.54, 1.807) is 11.8 Å². The molecule has 0 aromatic carbocycles. The van der Waals surface area contributed by atoms with Gasteiger partial charge in [-0.25, -0.2) is 0 Å². The van der Waals surface area contributed by atoms with E-state index in [9.17, 15) is 9.59 Å². The third kappa shape index (κ3) is 1.34. The molecule has 0 radical (unpaired) electrons. The molecule has 4 nitrogen and oxygen atoms in total. The van der Waals surface area contributed by atoms with Crippen LogP contribution in [0.4, 0.5) is 0 Å².